The summed E-state index contributed by atoms with van der Waals surface area (Å²) in [6.45, 7) is 1.96. The molecule has 0 aliphatic heterocycles. The summed E-state index contributed by atoms with van der Waals surface area (Å²) >= 11 is 3.47. The minimum atomic E-state index is -0.676. The Balaban J connectivity index is 2.22. The number of hydrogen-bond donors (Lipinski definition) is 1. The largest absolute Gasteiger partial charge is 0.385 e. The van der Waals surface area contributed by atoms with Crippen LogP contribution < -0.4 is 0 Å². The van der Waals surface area contributed by atoms with Gasteiger partial charge in [-0.2, -0.15) is 0 Å². The zero-order valence-corrected chi connectivity index (χ0v) is 11.3. The van der Waals surface area contributed by atoms with E-state index < -0.39 is 5.60 Å². The van der Waals surface area contributed by atoms with E-state index in [1.165, 1.54) is 19.3 Å². The van der Waals surface area contributed by atoms with E-state index in [9.17, 15) is 5.11 Å². The van der Waals surface area contributed by atoms with Crippen LogP contribution in [0, 0.1) is 5.92 Å². The molecular weight excluding hydrogens is 264 g/mol. The van der Waals surface area contributed by atoms with Crippen LogP contribution in [0.2, 0.25) is 0 Å². The van der Waals surface area contributed by atoms with Gasteiger partial charge in [-0.15, -0.1) is 0 Å². The molecule has 1 N–H and O–H groups in total. The highest BCUT2D eigenvalue weighted by Crippen LogP contribution is 2.39. The van der Waals surface area contributed by atoms with Gasteiger partial charge < -0.3 is 5.11 Å². The van der Waals surface area contributed by atoms with E-state index in [1.54, 1.807) is 0 Å². The summed E-state index contributed by atoms with van der Waals surface area (Å²) in [6, 6.07) is 8.06. The van der Waals surface area contributed by atoms with Crippen molar-refractivity contribution in [2.45, 2.75) is 44.6 Å². The molecule has 1 unspecified atom stereocenters. The first-order chi connectivity index (χ1) is 7.60. The normalized spacial score (nSPS) is 21.7. The van der Waals surface area contributed by atoms with Crippen LogP contribution in [0.4, 0.5) is 0 Å². The van der Waals surface area contributed by atoms with Crippen molar-refractivity contribution < 1.29 is 5.11 Å². The predicted molar refractivity (Wildman–Crippen MR) is 70.3 cm³/mol. The molecule has 1 saturated carbocycles. The highest BCUT2D eigenvalue weighted by atomic mass is 79.9. The number of rotatable bonds is 2. The minimum Gasteiger partial charge on any atom is -0.385 e. The Bertz CT molecular complexity index is 354. The second kappa shape index (κ2) is 4.89. The van der Waals surface area contributed by atoms with Crippen LogP contribution in [0.25, 0.3) is 0 Å². The first-order valence-electron chi connectivity index (χ1n) is 6.09. The average molecular weight is 283 g/mol. The van der Waals surface area contributed by atoms with Gasteiger partial charge in [-0.25, -0.2) is 0 Å². The Labute approximate surface area is 106 Å². The number of benzene rings is 1. The fourth-order valence-corrected chi connectivity index (χ4v) is 3.10. The molecule has 1 aliphatic rings. The molecule has 2 rings (SSSR count). The van der Waals surface area contributed by atoms with Crippen LogP contribution in [0.3, 0.4) is 0 Å². The third-order valence-electron chi connectivity index (χ3n) is 3.81. The van der Waals surface area contributed by atoms with Crippen molar-refractivity contribution in [3.8, 4) is 0 Å². The molecule has 0 saturated heterocycles. The van der Waals surface area contributed by atoms with Gasteiger partial charge >= 0.3 is 0 Å². The molecule has 1 fully saturated rings. The number of halogens is 1. The maximum absolute atomic E-state index is 10.7. The van der Waals surface area contributed by atoms with E-state index in [-0.39, 0.29) is 0 Å². The molecular formula is C14H19BrO. The van der Waals surface area contributed by atoms with Crippen molar-refractivity contribution in [3.05, 3.63) is 34.3 Å². The van der Waals surface area contributed by atoms with E-state index in [1.807, 2.05) is 31.2 Å². The lowest BCUT2D eigenvalue weighted by atomic mass is 9.74. The molecule has 0 bridgehead atoms. The lowest BCUT2D eigenvalue weighted by Crippen LogP contribution is -2.33. The third-order valence-corrected chi connectivity index (χ3v) is 4.30. The molecule has 88 valence electrons. The van der Waals surface area contributed by atoms with Gasteiger partial charge in [0.1, 0.15) is 0 Å². The summed E-state index contributed by atoms with van der Waals surface area (Å²) in [5.74, 6) is 0.413. The summed E-state index contributed by atoms with van der Waals surface area (Å²) in [4.78, 5) is 0. The van der Waals surface area contributed by atoms with Gasteiger partial charge in [-0.05, 0) is 43.4 Å². The van der Waals surface area contributed by atoms with E-state index in [4.69, 9.17) is 0 Å². The van der Waals surface area contributed by atoms with Gasteiger partial charge in [0.05, 0.1) is 5.60 Å². The second-order valence-corrected chi connectivity index (χ2v) is 5.91. The quantitative estimate of drug-likeness (QED) is 0.860. The molecule has 0 heterocycles. The Morgan fingerprint density at radius 2 is 1.94 bits per heavy atom. The topological polar surface area (TPSA) is 20.2 Å². The van der Waals surface area contributed by atoms with Crippen LogP contribution in [0.15, 0.2) is 28.7 Å². The van der Waals surface area contributed by atoms with Crippen molar-refractivity contribution in [3.63, 3.8) is 0 Å². The third kappa shape index (κ3) is 2.49. The monoisotopic (exact) mass is 282 g/mol. The van der Waals surface area contributed by atoms with Crippen LogP contribution in [-0.4, -0.2) is 5.11 Å². The van der Waals surface area contributed by atoms with Gasteiger partial charge in [0, 0.05) is 4.47 Å². The summed E-state index contributed by atoms with van der Waals surface area (Å²) in [7, 11) is 0. The molecule has 2 heteroatoms. The molecule has 0 aromatic heterocycles. The van der Waals surface area contributed by atoms with Crippen molar-refractivity contribution in [2.24, 2.45) is 5.92 Å². The van der Waals surface area contributed by atoms with Crippen LogP contribution in [-0.2, 0) is 5.60 Å². The second-order valence-electron chi connectivity index (χ2n) is 4.99. The average Bonchev–Trinajstić information content (AvgIpc) is 2.30. The smallest absolute Gasteiger partial charge is 0.0896 e. The van der Waals surface area contributed by atoms with Gasteiger partial charge in [-0.1, -0.05) is 47.3 Å². The molecule has 1 aromatic carbocycles. The molecule has 0 radical (unpaired) electrons. The zero-order valence-electron chi connectivity index (χ0n) is 9.75. The summed E-state index contributed by atoms with van der Waals surface area (Å²) < 4.78 is 1.04. The number of hydrogen-bond acceptors (Lipinski definition) is 1. The summed E-state index contributed by atoms with van der Waals surface area (Å²) in [5.41, 5.74) is 0.360. The first-order valence-corrected chi connectivity index (χ1v) is 6.88. The minimum absolute atomic E-state index is 0.413. The maximum atomic E-state index is 10.7. The van der Waals surface area contributed by atoms with Gasteiger partial charge in [0.2, 0.25) is 0 Å². The summed E-state index contributed by atoms with van der Waals surface area (Å²) in [6.07, 6.45) is 6.15. The molecule has 16 heavy (non-hydrogen) atoms. The lowest BCUT2D eigenvalue weighted by molar-refractivity contribution is -0.0215. The van der Waals surface area contributed by atoms with Gasteiger partial charge in [0.25, 0.3) is 0 Å². The van der Waals surface area contributed by atoms with Crippen molar-refractivity contribution >= 4 is 15.9 Å². The molecule has 1 nitrogen and oxygen atoms in total. The molecule has 0 spiro atoms. The Morgan fingerprint density at radius 1 is 1.25 bits per heavy atom. The van der Waals surface area contributed by atoms with E-state index in [0.29, 0.717) is 5.92 Å². The molecule has 1 atom stereocenters. The van der Waals surface area contributed by atoms with E-state index in [2.05, 4.69) is 15.9 Å². The van der Waals surface area contributed by atoms with Crippen molar-refractivity contribution in [1.29, 1.82) is 0 Å². The lowest BCUT2D eigenvalue weighted by Gasteiger charge is -2.36. The summed E-state index contributed by atoms with van der Waals surface area (Å²) in [5, 5.41) is 10.7. The molecule has 1 aromatic rings. The van der Waals surface area contributed by atoms with Crippen molar-refractivity contribution in [1.82, 2.24) is 0 Å². The fourth-order valence-electron chi connectivity index (χ4n) is 2.70. The molecule has 1 aliphatic carbocycles. The highest BCUT2D eigenvalue weighted by Gasteiger charge is 2.34. The molecule has 0 amide bonds. The highest BCUT2D eigenvalue weighted by molar-refractivity contribution is 9.10. The standard InChI is InChI=1S/C14H19BrO/c1-14(16,11-6-3-2-4-7-11)12-8-5-9-13(15)10-12/h5,8-11,16H,2-4,6-7H2,1H3. The van der Waals surface area contributed by atoms with E-state index in [0.717, 1.165) is 22.9 Å². The SMILES string of the molecule is CC(O)(c1cccc(Br)c1)C1CCCCC1. The maximum Gasteiger partial charge on any atom is 0.0896 e. The van der Waals surface area contributed by atoms with Crippen molar-refractivity contribution in [2.75, 3.05) is 0 Å². The predicted octanol–water partition coefficient (Wildman–Crippen LogP) is 4.24. The van der Waals surface area contributed by atoms with E-state index >= 15 is 0 Å². The van der Waals surface area contributed by atoms with Crippen LogP contribution in [0.1, 0.15) is 44.6 Å². The van der Waals surface area contributed by atoms with Gasteiger partial charge in [-0.3, -0.25) is 0 Å². The zero-order chi connectivity index (χ0) is 11.6. The van der Waals surface area contributed by atoms with Gasteiger partial charge in [0.15, 0.2) is 0 Å². The number of aliphatic hydroxyl groups is 1. The fraction of sp³-hybridized carbons (Fsp3) is 0.571. The Morgan fingerprint density at radius 3 is 2.56 bits per heavy atom. The Kier molecular flexibility index (Phi) is 3.70. The van der Waals surface area contributed by atoms with Crippen LogP contribution >= 0.6 is 15.9 Å². The first kappa shape index (κ1) is 12.1. The Hall–Kier alpha value is -0.340. The van der Waals surface area contributed by atoms with Crippen LogP contribution in [0.5, 0.6) is 0 Å².